The van der Waals surface area contributed by atoms with Crippen molar-refractivity contribution in [2.75, 3.05) is 14.2 Å². The van der Waals surface area contributed by atoms with Crippen LogP contribution in [0.5, 0.6) is 0 Å². The van der Waals surface area contributed by atoms with E-state index in [0.717, 1.165) is 0 Å². The molecule has 1 atom stereocenters. The summed E-state index contributed by atoms with van der Waals surface area (Å²) >= 11 is 3.35. The number of ether oxygens (including phenoxy) is 2. The lowest BCUT2D eigenvalue weighted by Crippen LogP contribution is -2.18. The Morgan fingerprint density at radius 1 is 1.13 bits per heavy atom. The van der Waals surface area contributed by atoms with Crippen LogP contribution in [-0.4, -0.2) is 31.0 Å². The molecule has 0 aliphatic heterocycles. The molecule has 0 amide bonds. The largest absolute Gasteiger partial charge is 0.465 e. The van der Waals surface area contributed by atoms with Crippen LogP contribution in [0.2, 0.25) is 0 Å². The van der Waals surface area contributed by atoms with E-state index in [4.69, 9.17) is 0 Å². The summed E-state index contributed by atoms with van der Waals surface area (Å²) in [5, 5.41) is 0. The Labute approximate surface area is 97.8 Å². The van der Waals surface area contributed by atoms with Crippen LogP contribution in [0.1, 0.15) is 13.8 Å². The molecule has 1 unspecified atom stereocenters. The monoisotopic (exact) mass is 278 g/mol. The summed E-state index contributed by atoms with van der Waals surface area (Å²) in [7, 11) is 2.44. The van der Waals surface area contributed by atoms with E-state index in [0.29, 0.717) is 0 Å². The molecule has 0 heterocycles. The smallest absolute Gasteiger partial charge is 0.345 e. The second-order valence-electron chi connectivity index (χ2n) is 3.25. The normalized spacial score (nSPS) is 11.9. The Balaban J connectivity index is 4.93. The molecule has 0 saturated carbocycles. The fourth-order valence-corrected chi connectivity index (χ4v) is 1.06. The van der Waals surface area contributed by atoms with Crippen molar-refractivity contribution < 1.29 is 19.1 Å². The van der Waals surface area contributed by atoms with E-state index < -0.39 is 11.9 Å². The number of esters is 2. The van der Waals surface area contributed by atoms with Gasteiger partial charge in [-0.25, -0.2) is 9.59 Å². The van der Waals surface area contributed by atoms with E-state index in [9.17, 15) is 9.59 Å². The first-order chi connectivity index (χ1) is 6.93. The number of carbonyl (C=O) groups is 2. The van der Waals surface area contributed by atoms with Crippen LogP contribution >= 0.6 is 15.9 Å². The summed E-state index contributed by atoms with van der Waals surface area (Å²) in [6.45, 7) is 3.92. The van der Waals surface area contributed by atoms with E-state index in [1.807, 2.05) is 13.8 Å². The van der Waals surface area contributed by atoms with Gasteiger partial charge in [0.15, 0.2) is 0 Å². The molecule has 5 heteroatoms. The molecule has 0 spiro atoms. The SMILES string of the molecule is COC(=O)C(=CC(Br)C(C)C)C(=O)OC. The molecule has 0 aliphatic rings. The van der Waals surface area contributed by atoms with Crippen molar-refractivity contribution in [3.05, 3.63) is 11.6 Å². The maximum atomic E-state index is 11.3. The number of allylic oxidation sites excluding steroid dienone is 1. The van der Waals surface area contributed by atoms with Crippen molar-refractivity contribution in [1.82, 2.24) is 0 Å². The van der Waals surface area contributed by atoms with Gasteiger partial charge in [-0.15, -0.1) is 0 Å². The Bertz CT molecular complexity index is 253. The van der Waals surface area contributed by atoms with Crippen molar-refractivity contribution in [2.45, 2.75) is 18.7 Å². The van der Waals surface area contributed by atoms with Gasteiger partial charge in [0.1, 0.15) is 5.57 Å². The van der Waals surface area contributed by atoms with Gasteiger partial charge < -0.3 is 9.47 Å². The minimum Gasteiger partial charge on any atom is -0.465 e. The standard InChI is InChI=1S/C10H15BrO4/c1-6(2)8(11)5-7(9(12)14-3)10(13)15-4/h5-6,8H,1-4H3. The third-order valence-corrected chi connectivity index (χ3v) is 3.10. The van der Waals surface area contributed by atoms with Crippen LogP contribution in [0, 0.1) is 5.92 Å². The van der Waals surface area contributed by atoms with Crippen molar-refractivity contribution in [3.8, 4) is 0 Å². The number of methoxy groups -OCH3 is 2. The highest BCUT2D eigenvalue weighted by Gasteiger charge is 2.21. The van der Waals surface area contributed by atoms with E-state index in [2.05, 4.69) is 25.4 Å². The van der Waals surface area contributed by atoms with Crippen molar-refractivity contribution in [2.24, 2.45) is 5.92 Å². The van der Waals surface area contributed by atoms with Gasteiger partial charge in [-0.2, -0.15) is 0 Å². The number of rotatable bonds is 4. The summed E-state index contributed by atoms with van der Waals surface area (Å²) in [5.74, 6) is -1.12. The highest BCUT2D eigenvalue weighted by atomic mass is 79.9. The van der Waals surface area contributed by atoms with Gasteiger partial charge in [0.05, 0.1) is 14.2 Å². The average Bonchev–Trinajstić information content (AvgIpc) is 2.23. The van der Waals surface area contributed by atoms with Crippen molar-refractivity contribution in [3.63, 3.8) is 0 Å². The van der Waals surface area contributed by atoms with Gasteiger partial charge >= 0.3 is 11.9 Å². The molecule has 86 valence electrons. The van der Waals surface area contributed by atoms with Gasteiger partial charge in [0, 0.05) is 4.83 Å². The zero-order valence-corrected chi connectivity index (χ0v) is 10.8. The predicted octanol–water partition coefficient (Wildman–Crippen LogP) is 1.68. The maximum Gasteiger partial charge on any atom is 0.345 e. The van der Waals surface area contributed by atoms with Crippen LogP contribution in [0.4, 0.5) is 0 Å². The van der Waals surface area contributed by atoms with Crippen molar-refractivity contribution in [1.29, 1.82) is 0 Å². The highest BCUT2D eigenvalue weighted by molar-refractivity contribution is 9.09. The van der Waals surface area contributed by atoms with Gasteiger partial charge in [-0.3, -0.25) is 0 Å². The van der Waals surface area contributed by atoms with Crippen LogP contribution in [0.3, 0.4) is 0 Å². The summed E-state index contributed by atoms with van der Waals surface area (Å²) in [5.41, 5.74) is -0.0874. The number of hydrogen-bond donors (Lipinski definition) is 0. The number of alkyl halides is 1. The van der Waals surface area contributed by atoms with E-state index in [1.165, 1.54) is 20.3 Å². The Morgan fingerprint density at radius 3 is 1.80 bits per heavy atom. The van der Waals surface area contributed by atoms with Gasteiger partial charge in [0.25, 0.3) is 0 Å². The third-order valence-electron chi connectivity index (χ3n) is 1.77. The first-order valence-electron chi connectivity index (χ1n) is 4.46. The summed E-state index contributed by atoms with van der Waals surface area (Å²) in [6, 6.07) is 0. The quantitative estimate of drug-likeness (QED) is 0.258. The van der Waals surface area contributed by atoms with E-state index in [-0.39, 0.29) is 16.3 Å². The number of carbonyl (C=O) groups excluding carboxylic acids is 2. The van der Waals surface area contributed by atoms with Crippen LogP contribution < -0.4 is 0 Å². The average molecular weight is 279 g/mol. The minimum absolute atomic E-state index is 0.0781. The fourth-order valence-electron chi connectivity index (χ4n) is 0.791. The highest BCUT2D eigenvalue weighted by Crippen LogP contribution is 2.16. The minimum atomic E-state index is -0.688. The predicted molar refractivity (Wildman–Crippen MR) is 59.7 cm³/mol. The van der Waals surface area contributed by atoms with Crippen LogP contribution in [0.15, 0.2) is 11.6 Å². The topological polar surface area (TPSA) is 52.6 Å². The summed E-state index contributed by atoms with van der Waals surface area (Å²) in [6.07, 6.45) is 1.50. The third kappa shape index (κ3) is 4.46. The fraction of sp³-hybridized carbons (Fsp3) is 0.600. The van der Waals surface area contributed by atoms with Crippen LogP contribution in [-0.2, 0) is 19.1 Å². The Kier molecular flexibility index (Phi) is 6.24. The summed E-state index contributed by atoms with van der Waals surface area (Å²) < 4.78 is 8.97. The lowest BCUT2D eigenvalue weighted by molar-refractivity contribution is -0.144. The molecule has 0 aromatic heterocycles. The molecule has 0 aromatic carbocycles. The van der Waals surface area contributed by atoms with E-state index >= 15 is 0 Å². The molecular weight excluding hydrogens is 264 g/mol. The number of halogens is 1. The molecule has 0 N–H and O–H groups in total. The van der Waals surface area contributed by atoms with E-state index in [1.54, 1.807) is 0 Å². The second-order valence-corrected chi connectivity index (χ2v) is 4.31. The van der Waals surface area contributed by atoms with Gasteiger partial charge in [0.2, 0.25) is 0 Å². The lowest BCUT2D eigenvalue weighted by Gasteiger charge is -2.10. The zero-order valence-electron chi connectivity index (χ0n) is 9.24. The molecule has 0 aromatic rings. The van der Waals surface area contributed by atoms with Gasteiger partial charge in [-0.05, 0) is 12.0 Å². The molecule has 0 radical (unpaired) electrons. The van der Waals surface area contributed by atoms with Gasteiger partial charge in [-0.1, -0.05) is 29.8 Å². The first-order valence-corrected chi connectivity index (χ1v) is 5.38. The molecule has 0 fully saturated rings. The molecule has 0 bridgehead atoms. The van der Waals surface area contributed by atoms with Crippen molar-refractivity contribution >= 4 is 27.9 Å². The molecule has 0 aliphatic carbocycles. The maximum absolute atomic E-state index is 11.3. The Hall–Kier alpha value is -0.840. The number of hydrogen-bond acceptors (Lipinski definition) is 4. The molecule has 0 saturated heterocycles. The molecule has 0 rings (SSSR count). The lowest BCUT2D eigenvalue weighted by atomic mass is 10.1. The zero-order chi connectivity index (χ0) is 12.0. The summed E-state index contributed by atoms with van der Waals surface area (Å²) in [4.78, 5) is 22.4. The van der Waals surface area contributed by atoms with Crippen LogP contribution in [0.25, 0.3) is 0 Å². The second kappa shape index (κ2) is 6.61. The molecule has 15 heavy (non-hydrogen) atoms. The molecule has 4 nitrogen and oxygen atoms in total. The molecular formula is C10H15BrO4. The first kappa shape index (κ1) is 14.2. The Morgan fingerprint density at radius 2 is 1.53 bits per heavy atom.